The van der Waals surface area contributed by atoms with E-state index in [0.717, 1.165) is 24.1 Å². The number of hydrogen-bond donors (Lipinski definition) is 2. The molecule has 2 heterocycles. The van der Waals surface area contributed by atoms with Gasteiger partial charge in [-0.05, 0) is 38.4 Å². The zero-order valence-electron chi connectivity index (χ0n) is 13.5. The maximum atomic E-state index is 10.4. The summed E-state index contributed by atoms with van der Waals surface area (Å²) < 4.78 is 9.32. The van der Waals surface area contributed by atoms with Gasteiger partial charge >= 0.3 is 5.95 Å². The minimum absolute atomic E-state index is 0.356. The fraction of sp³-hybridized carbons (Fsp3) is 0.353. The number of para-hydroxylation sites is 2. The number of nitrogens with two attached hydrogens (primary N) is 1. The molecule has 0 saturated heterocycles. The number of fused-ring (bicyclic) bond motifs is 1. The number of hydrogen-bond acceptors (Lipinski definition) is 4. The van der Waals surface area contributed by atoms with Gasteiger partial charge in [-0.3, -0.25) is 5.73 Å². The van der Waals surface area contributed by atoms with Crippen molar-refractivity contribution < 1.29 is 14.1 Å². The average molecular weight is 315 g/mol. The zero-order chi connectivity index (χ0) is 16.4. The Labute approximate surface area is 135 Å². The fourth-order valence-corrected chi connectivity index (χ4v) is 2.78. The van der Waals surface area contributed by atoms with Gasteiger partial charge in [0.05, 0.1) is 12.8 Å². The minimum atomic E-state index is -0.731. The van der Waals surface area contributed by atoms with Crippen LogP contribution in [-0.2, 0) is 13.1 Å². The lowest BCUT2D eigenvalue weighted by atomic mass is 10.2. The van der Waals surface area contributed by atoms with Crippen LogP contribution in [0.25, 0.3) is 11.0 Å². The van der Waals surface area contributed by atoms with Gasteiger partial charge in [0.1, 0.15) is 29.4 Å². The van der Waals surface area contributed by atoms with Gasteiger partial charge in [-0.2, -0.15) is 0 Å². The third kappa shape index (κ3) is 3.09. The molecule has 3 N–H and O–H groups in total. The molecule has 0 aliphatic carbocycles. The van der Waals surface area contributed by atoms with Gasteiger partial charge in [-0.25, -0.2) is 9.13 Å². The standard InChI is InChI=1S/C17H22N4O2/c1-19(2)9-10-20-13-6-3-4-7-14(13)21(17(20)18)12-15(22)16-8-5-11-23-16/h3-8,11,15,18,22H,9-10,12H2,1-2H3/p+1. The molecule has 0 aliphatic heterocycles. The summed E-state index contributed by atoms with van der Waals surface area (Å²) in [6, 6.07) is 11.6. The molecule has 0 fully saturated rings. The van der Waals surface area contributed by atoms with Crippen LogP contribution in [0.5, 0.6) is 0 Å². The van der Waals surface area contributed by atoms with Crippen LogP contribution < -0.4 is 10.3 Å². The fourth-order valence-electron chi connectivity index (χ4n) is 2.78. The highest BCUT2D eigenvalue weighted by Crippen LogP contribution is 2.19. The minimum Gasteiger partial charge on any atom is -0.466 e. The highest BCUT2D eigenvalue weighted by Gasteiger charge is 2.24. The normalized spacial score (nSPS) is 13.0. The average Bonchev–Trinajstić information content (AvgIpc) is 3.14. The second kappa shape index (κ2) is 6.44. The molecule has 23 heavy (non-hydrogen) atoms. The first-order valence-electron chi connectivity index (χ1n) is 7.70. The van der Waals surface area contributed by atoms with Crippen molar-refractivity contribution in [2.45, 2.75) is 19.2 Å². The molecular weight excluding hydrogens is 292 g/mol. The van der Waals surface area contributed by atoms with Crippen LogP contribution in [-0.4, -0.2) is 35.2 Å². The summed E-state index contributed by atoms with van der Waals surface area (Å²) >= 11 is 0. The first kappa shape index (κ1) is 15.6. The van der Waals surface area contributed by atoms with E-state index >= 15 is 0 Å². The lowest BCUT2D eigenvalue weighted by Crippen LogP contribution is -2.39. The van der Waals surface area contributed by atoms with Gasteiger partial charge in [0.2, 0.25) is 0 Å². The quantitative estimate of drug-likeness (QED) is 0.675. The number of aliphatic hydroxyl groups excluding tert-OH is 1. The van der Waals surface area contributed by atoms with Crippen molar-refractivity contribution in [3.8, 4) is 0 Å². The van der Waals surface area contributed by atoms with E-state index in [1.807, 2.05) is 36.9 Å². The molecule has 1 unspecified atom stereocenters. The largest absolute Gasteiger partial charge is 0.466 e. The number of imidazole rings is 1. The van der Waals surface area contributed by atoms with Crippen LogP contribution in [0.3, 0.4) is 0 Å². The Hall–Kier alpha value is -2.31. The molecule has 1 atom stereocenters. The number of aliphatic hydroxyl groups is 1. The molecule has 0 amide bonds. The lowest BCUT2D eigenvalue weighted by Gasteiger charge is -2.09. The molecule has 0 aliphatic rings. The molecule has 1 aromatic carbocycles. The van der Waals surface area contributed by atoms with Crippen molar-refractivity contribution in [2.24, 2.45) is 0 Å². The third-order valence-corrected chi connectivity index (χ3v) is 4.01. The number of aromatic nitrogens is 2. The predicted octanol–water partition coefficient (Wildman–Crippen LogP) is 1.40. The SMILES string of the molecule is CN(C)CCn1c(N)[n+](CC(O)c2ccco2)c2ccccc21. The highest BCUT2D eigenvalue weighted by atomic mass is 16.4. The second-order valence-electron chi connectivity index (χ2n) is 5.94. The summed E-state index contributed by atoms with van der Waals surface area (Å²) in [5, 5.41) is 10.4. The Kier molecular flexibility index (Phi) is 4.36. The van der Waals surface area contributed by atoms with Crippen molar-refractivity contribution in [1.82, 2.24) is 9.47 Å². The van der Waals surface area contributed by atoms with Crippen LogP contribution in [0, 0.1) is 0 Å². The first-order chi connectivity index (χ1) is 11.1. The molecule has 122 valence electrons. The van der Waals surface area contributed by atoms with Crippen molar-refractivity contribution >= 4 is 17.0 Å². The smallest absolute Gasteiger partial charge is 0.356 e. The topological polar surface area (TPSA) is 71.4 Å². The molecule has 0 saturated carbocycles. The summed E-state index contributed by atoms with van der Waals surface area (Å²) in [5.74, 6) is 1.18. The maximum absolute atomic E-state index is 10.4. The zero-order valence-corrected chi connectivity index (χ0v) is 13.5. The van der Waals surface area contributed by atoms with E-state index in [-0.39, 0.29) is 0 Å². The van der Waals surface area contributed by atoms with Gasteiger partial charge in [-0.15, -0.1) is 0 Å². The molecule has 2 aromatic heterocycles. The summed E-state index contributed by atoms with van der Waals surface area (Å²) in [6.07, 6.45) is 0.831. The van der Waals surface area contributed by atoms with E-state index in [4.69, 9.17) is 10.2 Å². The molecular formula is C17H23N4O2+. The van der Waals surface area contributed by atoms with Crippen LogP contribution in [0.2, 0.25) is 0 Å². The number of nitrogens with zero attached hydrogens (tertiary/aromatic N) is 3. The van der Waals surface area contributed by atoms with Gasteiger partial charge in [-0.1, -0.05) is 12.1 Å². The monoisotopic (exact) mass is 315 g/mol. The number of anilines is 1. The van der Waals surface area contributed by atoms with Crippen LogP contribution in [0.15, 0.2) is 47.1 Å². The van der Waals surface area contributed by atoms with E-state index < -0.39 is 6.10 Å². The van der Waals surface area contributed by atoms with Gasteiger partial charge in [0.15, 0.2) is 0 Å². The number of nitrogen functional groups attached to an aromatic ring is 1. The van der Waals surface area contributed by atoms with Crippen LogP contribution in [0.4, 0.5) is 5.95 Å². The highest BCUT2D eigenvalue weighted by molar-refractivity contribution is 5.73. The third-order valence-electron chi connectivity index (χ3n) is 4.01. The number of likely N-dealkylation sites (N-methyl/N-ethyl adjacent to an activating group) is 1. The van der Waals surface area contributed by atoms with Crippen LogP contribution in [0.1, 0.15) is 11.9 Å². The summed E-state index contributed by atoms with van der Waals surface area (Å²) in [7, 11) is 4.08. The second-order valence-corrected chi connectivity index (χ2v) is 5.94. The first-order valence-corrected chi connectivity index (χ1v) is 7.70. The molecule has 0 spiro atoms. The van der Waals surface area contributed by atoms with Crippen molar-refractivity contribution in [2.75, 3.05) is 26.4 Å². The van der Waals surface area contributed by atoms with Crippen LogP contribution >= 0.6 is 0 Å². The molecule has 3 rings (SSSR count). The summed E-state index contributed by atoms with van der Waals surface area (Å²) in [4.78, 5) is 2.12. The lowest BCUT2D eigenvalue weighted by molar-refractivity contribution is -0.666. The summed E-state index contributed by atoms with van der Waals surface area (Å²) in [5.41, 5.74) is 8.45. The molecule has 6 nitrogen and oxygen atoms in total. The van der Waals surface area contributed by atoms with Gasteiger partial charge in [0.25, 0.3) is 0 Å². The predicted molar refractivity (Wildman–Crippen MR) is 88.8 cm³/mol. The summed E-state index contributed by atoms with van der Waals surface area (Å²) in [6.45, 7) is 2.04. The van der Waals surface area contributed by atoms with Crippen molar-refractivity contribution in [3.63, 3.8) is 0 Å². The van der Waals surface area contributed by atoms with Crippen molar-refractivity contribution in [1.29, 1.82) is 0 Å². The maximum Gasteiger partial charge on any atom is 0.356 e. The Balaban J connectivity index is 1.97. The van der Waals surface area contributed by atoms with E-state index in [2.05, 4.69) is 15.5 Å². The number of rotatable bonds is 6. The molecule has 0 bridgehead atoms. The number of benzene rings is 1. The van der Waals surface area contributed by atoms with E-state index in [1.54, 1.807) is 18.4 Å². The van der Waals surface area contributed by atoms with E-state index in [9.17, 15) is 5.11 Å². The molecule has 0 radical (unpaired) electrons. The van der Waals surface area contributed by atoms with Gasteiger partial charge < -0.3 is 14.4 Å². The number of furan rings is 1. The van der Waals surface area contributed by atoms with E-state index in [0.29, 0.717) is 18.3 Å². The van der Waals surface area contributed by atoms with Crippen molar-refractivity contribution in [3.05, 3.63) is 48.4 Å². The Morgan fingerprint density at radius 3 is 2.74 bits per heavy atom. The molecule has 6 heteroatoms. The Bertz CT molecular complexity index is 777. The van der Waals surface area contributed by atoms with Gasteiger partial charge in [0, 0.05) is 6.54 Å². The van der Waals surface area contributed by atoms with E-state index in [1.165, 1.54) is 0 Å². The Morgan fingerprint density at radius 2 is 2.04 bits per heavy atom. The molecule has 3 aromatic rings. The Morgan fingerprint density at radius 1 is 1.26 bits per heavy atom.